The van der Waals surface area contributed by atoms with Crippen molar-refractivity contribution in [2.24, 2.45) is 0 Å². The summed E-state index contributed by atoms with van der Waals surface area (Å²) in [6.07, 6.45) is 89.9. The van der Waals surface area contributed by atoms with Gasteiger partial charge in [-0.2, -0.15) is 0 Å². The van der Waals surface area contributed by atoms with Gasteiger partial charge < -0.3 is 14.2 Å². The second kappa shape index (κ2) is 66.8. The number of ether oxygens (including phenoxy) is 3. The Hall–Kier alpha value is -3.67. The first-order chi connectivity index (χ1) is 39.0. The Labute approximate surface area is 489 Å². The third kappa shape index (κ3) is 65.0. The first-order valence-corrected chi connectivity index (χ1v) is 33.7. The van der Waals surface area contributed by atoms with Crippen LogP contribution in [0.3, 0.4) is 0 Å². The van der Waals surface area contributed by atoms with Crippen molar-refractivity contribution < 1.29 is 28.6 Å². The van der Waals surface area contributed by atoms with Crippen molar-refractivity contribution in [2.45, 2.75) is 335 Å². The zero-order valence-electron chi connectivity index (χ0n) is 52.1. The summed E-state index contributed by atoms with van der Waals surface area (Å²) >= 11 is 0. The highest BCUT2D eigenvalue weighted by atomic mass is 16.6. The maximum Gasteiger partial charge on any atom is 0.306 e. The predicted octanol–water partition coefficient (Wildman–Crippen LogP) is 23.2. The van der Waals surface area contributed by atoms with Gasteiger partial charge in [-0.05, 0) is 116 Å². The Morgan fingerprint density at radius 2 is 0.494 bits per heavy atom. The number of rotatable bonds is 61. The molecule has 0 saturated heterocycles. The van der Waals surface area contributed by atoms with Gasteiger partial charge in [0, 0.05) is 19.3 Å². The van der Waals surface area contributed by atoms with Gasteiger partial charge in [0.25, 0.3) is 0 Å². The van der Waals surface area contributed by atoms with Crippen molar-refractivity contribution in [2.75, 3.05) is 13.2 Å². The number of unbranched alkanes of at least 4 members (excludes halogenated alkanes) is 34. The van der Waals surface area contributed by atoms with Crippen molar-refractivity contribution in [1.82, 2.24) is 0 Å². The quantitative estimate of drug-likeness (QED) is 0.0261. The molecule has 0 aromatic heterocycles. The third-order valence-corrected chi connectivity index (χ3v) is 14.6. The molecule has 6 nitrogen and oxygen atoms in total. The minimum Gasteiger partial charge on any atom is -0.462 e. The molecule has 79 heavy (non-hydrogen) atoms. The number of hydrogen-bond donors (Lipinski definition) is 0. The SMILES string of the molecule is CC/C=C\C/C=C\C/C=C\C/C=C\CCCCCCCCCCCCC(=O)OCC(COC(=O)CCCCCCC/C=C\C/C=C\C/C=C\CC)OC(=O)CCCCCCCCCCCCC/C=C\CCCCCCCCCC. The van der Waals surface area contributed by atoms with Crippen LogP contribution in [-0.4, -0.2) is 37.2 Å². The van der Waals surface area contributed by atoms with E-state index >= 15 is 0 Å². The van der Waals surface area contributed by atoms with Crippen LogP contribution < -0.4 is 0 Å². The van der Waals surface area contributed by atoms with Crippen LogP contribution in [0.15, 0.2) is 97.2 Å². The molecule has 1 atom stereocenters. The number of carbonyl (C=O) groups is 3. The van der Waals surface area contributed by atoms with Crippen molar-refractivity contribution >= 4 is 17.9 Å². The fourth-order valence-electron chi connectivity index (χ4n) is 9.56. The molecule has 0 bridgehead atoms. The summed E-state index contributed by atoms with van der Waals surface area (Å²) in [7, 11) is 0. The largest absolute Gasteiger partial charge is 0.462 e. The number of esters is 3. The van der Waals surface area contributed by atoms with E-state index in [0.29, 0.717) is 19.3 Å². The molecule has 0 spiro atoms. The highest BCUT2D eigenvalue weighted by Gasteiger charge is 2.19. The van der Waals surface area contributed by atoms with Gasteiger partial charge in [0.1, 0.15) is 13.2 Å². The van der Waals surface area contributed by atoms with E-state index in [1.165, 1.54) is 167 Å². The van der Waals surface area contributed by atoms with E-state index in [4.69, 9.17) is 14.2 Å². The van der Waals surface area contributed by atoms with Gasteiger partial charge in [-0.3, -0.25) is 14.4 Å². The van der Waals surface area contributed by atoms with Gasteiger partial charge in [0.2, 0.25) is 0 Å². The molecule has 0 aliphatic rings. The van der Waals surface area contributed by atoms with E-state index in [1.54, 1.807) is 0 Å². The van der Waals surface area contributed by atoms with Crippen LogP contribution >= 0.6 is 0 Å². The minimum atomic E-state index is -0.789. The lowest BCUT2D eigenvalue weighted by Gasteiger charge is -2.18. The third-order valence-electron chi connectivity index (χ3n) is 14.6. The normalized spacial score (nSPS) is 12.7. The molecular weight excluding hydrogens is 973 g/mol. The number of allylic oxidation sites excluding steroid dienone is 16. The highest BCUT2D eigenvalue weighted by molar-refractivity contribution is 5.71. The van der Waals surface area contributed by atoms with Crippen molar-refractivity contribution in [3.8, 4) is 0 Å². The lowest BCUT2D eigenvalue weighted by atomic mass is 10.0. The fraction of sp³-hybridized carbons (Fsp3) is 0.740. The fourth-order valence-corrected chi connectivity index (χ4v) is 9.56. The summed E-state index contributed by atoms with van der Waals surface area (Å²) < 4.78 is 17.0. The van der Waals surface area contributed by atoms with Crippen LogP contribution in [0.1, 0.15) is 329 Å². The standard InChI is InChI=1S/C73H126O6/c1-4-7-10-13-16-19-22-25-28-30-32-34-36-38-40-42-45-48-51-54-57-60-63-66-72(75)78-69-70(68-77-71(74)65-62-59-56-53-50-47-44-27-24-21-18-15-12-9-6-3)79-73(76)67-64-61-58-55-52-49-46-43-41-39-37-35-33-31-29-26-23-20-17-14-11-8-5-2/h7,9-10,12,16,18-19,21,25,27-28,31-34,44,70H,4-6,8,11,13-15,17,20,22-24,26,29-30,35-43,45-69H2,1-3H3/b10-7-,12-9-,19-16-,21-18-,28-25-,33-31-,34-32-,44-27-. The molecule has 0 amide bonds. The Kier molecular flexibility index (Phi) is 63.7. The average Bonchev–Trinajstić information content (AvgIpc) is 3.45. The topological polar surface area (TPSA) is 78.9 Å². The molecule has 0 heterocycles. The molecular formula is C73H126O6. The monoisotopic (exact) mass is 1100 g/mol. The second-order valence-electron chi connectivity index (χ2n) is 22.3. The second-order valence-corrected chi connectivity index (χ2v) is 22.3. The molecule has 0 N–H and O–H groups in total. The summed E-state index contributed by atoms with van der Waals surface area (Å²) in [5, 5.41) is 0. The van der Waals surface area contributed by atoms with E-state index in [9.17, 15) is 14.4 Å². The summed E-state index contributed by atoms with van der Waals surface area (Å²) in [5.41, 5.74) is 0. The summed E-state index contributed by atoms with van der Waals surface area (Å²) in [6.45, 7) is 6.43. The average molecular weight is 1100 g/mol. The molecule has 0 radical (unpaired) electrons. The molecule has 1 unspecified atom stereocenters. The van der Waals surface area contributed by atoms with E-state index in [2.05, 4.69) is 118 Å². The molecule has 0 aromatic carbocycles. The Balaban J connectivity index is 4.35. The first-order valence-electron chi connectivity index (χ1n) is 33.7. The van der Waals surface area contributed by atoms with Gasteiger partial charge in [-0.15, -0.1) is 0 Å². The highest BCUT2D eigenvalue weighted by Crippen LogP contribution is 2.17. The van der Waals surface area contributed by atoms with Gasteiger partial charge in [-0.1, -0.05) is 291 Å². The Morgan fingerprint density at radius 1 is 0.266 bits per heavy atom. The Bertz CT molecular complexity index is 1540. The van der Waals surface area contributed by atoms with E-state index in [-0.39, 0.29) is 31.1 Å². The van der Waals surface area contributed by atoms with E-state index < -0.39 is 6.10 Å². The number of carbonyl (C=O) groups excluding carboxylic acids is 3. The minimum absolute atomic E-state index is 0.0845. The molecule has 6 heteroatoms. The van der Waals surface area contributed by atoms with Crippen LogP contribution in [0.2, 0.25) is 0 Å². The zero-order valence-corrected chi connectivity index (χ0v) is 52.1. The van der Waals surface area contributed by atoms with Crippen molar-refractivity contribution in [3.05, 3.63) is 97.2 Å². The first kappa shape index (κ1) is 75.3. The van der Waals surface area contributed by atoms with Crippen molar-refractivity contribution in [1.29, 1.82) is 0 Å². The maximum absolute atomic E-state index is 12.9. The van der Waals surface area contributed by atoms with Gasteiger partial charge >= 0.3 is 17.9 Å². The molecule has 0 saturated carbocycles. The zero-order chi connectivity index (χ0) is 57.1. The lowest BCUT2D eigenvalue weighted by molar-refractivity contribution is -0.167. The lowest BCUT2D eigenvalue weighted by Crippen LogP contribution is -2.30. The molecule has 0 aliphatic carbocycles. The molecule has 454 valence electrons. The van der Waals surface area contributed by atoms with Crippen LogP contribution in [0.4, 0.5) is 0 Å². The smallest absolute Gasteiger partial charge is 0.306 e. The maximum atomic E-state index is 12.9. The Morgan fingerprint density at radius 3 is 0.785 bits per heavy atom. The van der Waals surface area contributed by atoms with E-state index in [1.807, 2.05) is 0 Å². The molecule has 0 aromatic rings. The van der Waals surface area contributed by atoms with Crippen LogP contribution in [0.25, 0.3) is 0 Å². The van der Waals surface area contributed by atoms with Crippen LogP contribution in [0.5, 0.6) is 0 Å². The number of hydrogen-bond acceptors (Lipinski definition) is 6. The van der Waals surface area contributed by atoms with Crippen LogP contribution in [-0.2, 0) is 28.6 Å². The molecule has 0 aliphatic heterocycles. The summed E-state index contributed by atoms with van der Waals surface area (Å²) in [5.74, 6) is -0.893. The summed E-state index contributed by atoms with van der Waals surface area (Å²) in [6, 6.07) is 0. The van der Waals surface area contributed by atoms with Crippen LogP contribution in [0, 0.1) is 0 Å². The van der Waals surface area contributed by atoms with Gasteiger partial charge in [-0.25, -0.2) is 0 Å². The van der Waals surface area contributed by atoms with E-state index in [0.717, 1.165) is 122 Å². The molecule has 0 fully saturated rings. The molecule has 0 rings (SSSR count). The van der Waals surface area contributed by atoms with Gasteiger partial charge in [0.15, 0.2) is 6.10 Å². The van der Waals surface area contributed by atoms with Crippen molar-refractivity contribution in [3.63, 3.8) is 0 Å². The predicted molar refractivity (Wildman–Crippen MR) is 344 cm³/mol. The summed E-state index contributed by atoms with van der Waals surface area (Å²) in [4.78, 5) is 38.4. The van der Waals surface area contributed by atoms with Gasteiger partial charge in [0.05, 0.1) is 0 Å².